The van der Waals surface area contributed by atoms with Crippen molar-refractivity contribution in [1.29, 1.82) is 0 Å². The van der Waals surface area contributed by atoms with E-state index in [9.17, 15) is 9.59 Å². The van der Waals surface area contributed by atoms with Gasteiger partial charge >= 0.3 is 0 Å². The van der Waals surface area contributed by atoms with Crippen LogP contribution in [0, 0.1) is 28.6 Å². The molecule has 1 aromatic carbocycles. The average Bonchev–Trinajstić information content (AvgIpc) is 2.70. The molecule has 4 fully saturated rings. The van der Waals surface area contributed by atoms with Crippen molar-refractivity contribution < 1.29 is 14.3 Å². The van der Waals surface area contributed by atoms with E-state index in [0.717, 1.165) is 42.7 Å². The van der Waals surface area contributed by atoms with Crippen molar-refractivity contribution in [3.05, 3.63) is 18.2 Å². The highest BCUT2D eigenvalue weighted by Crippen LogP contribution is 2.60. The molecule has 144 valence electrons. The number of fused-ring (bicyclic) bond motifs is 1. The van der Waals surface area contributed by atoms with Crippen LogP contribution in [0.25, 0.3) is 0 Å². The number of amides is 2. The van der Waals surface area contributed by atoms with E-state index < -0.39 is 5.41 Å². The van der Waals surface area contributed by atoms with Crippen molar-refractivity contribution in [2.24, 2.45) is 28.6 Å². The zero-order chi connectivity index (χ0) is 18.8. The molecule has 0 saturated heterocycles. The summed E-state index contributed by atoms with van der Waals surface area (Å²) in [6.45, 7) is 4.05. The van der Waals surface area contributed by atoms with E-state index in [-0.39, 0.29) is 17.2 Å². The Morgan fingerprint density at radius 3 is 2.37 bits per heavy atom. The smallest absolute Gasteiger partial charge is 0.233 e. The number of carbonyl (C=O) groups excluding carboxylic acids is 2. The third kappa shape index (κ3) is 2.82. The Labute approximate surface area is 160 Å². The molecule has 4 aliphatic carbocycles. The molecule has 1 aliphatic heterocycles. The van der Waals surface area contributed by atoms with Gasteiger partial charge in [-0.3, -0.25) is 9.59 Å². The van der Waals surface area contributed by atoms with Gasteiger partial charge in [0, 0.05) is 11.8 Å². The highest BCUT2D eigenvalue weighted by atomic mass is 16.5. The fraction of sp³-hybridized carbons (Fsp3) is 0.636. The second-order valence-corrected chi connectivity index (χ2v) is 9.99. The molecule has 5 aliphatic rings. The second-order valence-electron chi connectivity index (χ2n) is 9.99. The zero-order valence-electron chi connectivity index (χ0n) is 16.1. The van der Waals surface area contributed by atoms with Gasteiger partial charge in [-0.25, -0.2) is 0 Å². The van der Waals surface area contributed by atoms with Crippen LogP contribution in [-0.2, 0) is 9.59 Å². The van der Waals surface area contributed by atoms with Crippen LogP contribution in [0.5, 0.6) is 5.75 Å². The van der Waals surface area contributed by atoms with Crippen molar-refractivity contribution in [2.75, 3.05) is 17.2 Å². The minimum absolute atomic E-state index is 0.0494. The lowest BCUT2D eigenvalue weighted by Gasteiger charge is -2.55. The molecule has 4 bridgehead atoms. The van der Waals surface area contributed by atoms with E-state index in [1.807, 2.05) is 32.0 Å². The van der Waals surface area contributed by atoms with Gasteiger partial charge in [0.15, 0.2) is 0 Å². The number of hydrogen-bond acceptors (Lipinski definition) is 3. The van der Waals surface area contributed by atoms with Crippen LogP contribution in [0.2, 0.25) is 0 Å². The van der Waals surface area contributed by atoms with Crippen molar-refractivity contribution in [1.82, 2.24) is 0 Å². The van der Waals surface area contributed by atoms with Gasteiger partial charge in [0.2, 0.25) is 11.8 Å². The average molecular weight is 368 g/mol. The van der Waals surface area contributed by atoms with Gasteiger partial charge in [-0.15, -0.1) is 0 Å². The first-order valence-corrected chi connectivity index (χ1v) is 10.2. The topological polar surface area (TPSA) is 67.4 Å². The summed E-state index contributed by atoms with van der Waals surface area (Å²) in [7, 11) is 0. The number of anilines is 2. The number of ether oxygens (including phenoxy) is 1. The first-order chi connectivity index (χ1) is 12.8. The summed E-state index contributed by atoms with van der Waals surface area (Å²) in [5, 5.41) is 6.09. The van der Waals surface area contributed by atoms with Crippen LogP contribution in [0.15, 0.2) is 18.2 Å². The molecule has 0 atom stereocenters. The fourth-order valence-corrected chi connectivity index (χ4v) is 6.09. The third-order valence-electron chi connectivity index (χ3n) is 7.21. The number of benzene rings is 1. The SMILES string of the molecule is CC1(C)COc2cc(NC(=O)C34CC5CC(CC(C5)C3)C4)ccc2NC1=O. The quantitative estimate of drug-likeness (QED) is 0.822. The van der Waals surface area contributed by atoms with Gasteiger partial charge in [0.1, 0.15) is 12.4 Å². The Bertz CT molecular complexity index is 778. The molecule has 5 heteroatoms. The molecule has 27 heavy (non-hydrogen) atoms. The maximum absolute atomic E-state index is 13.2. The Balaban J connectivity index is 1.36. The van der Waals surface area contributed by atoms with Gasteiger partial charge < -0.3 is 15.4 Å². The van der Waals surface area contributed by atoms with Crippen LogP contribution < -0.4 is 15.4 Å². The first-order valence-electron chi connectivity index (χ1n) is 10.2. The van der Waals surface area contributed by atoms with Gasteiger partial charge in [0.25, 0.3) is 0 Å². The van der Waals surface area contributed by atoms with Gasteiger partial charge in [-0.1, -0.05) is 0 Å². The minimum Gasteiger partial charge on any atom is -0.490 e. The van der Waals surface area contributed by atoms with Crippen LogP contribution in [0.1, 0.15) is 52.4 Å². The van der Waals surface area contributed by atoms with Crippen LogP contribution >= 0.6 is 0 Å². The zero-order valence-corrected chi connectivity index (χ0v) is 16.1. The summed E-state index contributed by atoms with van der Waals surface area (Å²) in [4.78, 5) is 25.5. The number of hydrogen-bond donors (Lipinski definition) is 2. The van der Waals surface area contributed by atoms with Crippen LogP contribution in [-0.4, -0.2) is 18.4 Å². The Morgan fingerprint density at radius 1 is 1.11 bits per heavy atom. The normalized spacial score (nSPS) is 35.6. The highest BCUT2D eigenvalue weighted by Gasteiger charge is 2.54. The van der Waals surface area contributed by atoms with E-state index in [1.54, 1.807) is 0 Å². The summed E-state index contributed by atoms with van der Waals surface area (Å²) < 4.78 is 5.87. The summed E-state index contributed by atoms with van der Waals surface area (Å²) in [6, 6.07) is 5.53. The summed E-state index contributed by atoms with van der Waals surface area (Å²) in [6.07, 6.45) is 7.14. The first kappa shape index (κ1) is 17.1. The Kier molecular flexibility index (Phi) is 3.62. The molecule has 1 aromatic rings. The number of rotatable bonds is 2. The summed E-state index contributed by atoms with van der Waals surface area (Å²) in [5.41, 5.74) is 0.669. The molecule has 1 heterocycles. The number of carbonyl (C=O) groups is 2. The van der Waals surface area contributed by atoms with Gasteiger partial charge in [-0.05, 0) is 82.3 Å². The Hall–Kier alpha value is -2.04. The standard InChI is InChI=1S/C22H28N2O3/c1-21(2)12-27-18-8-16(3-4-17(18)24-19(21)25)23-20(26)22-9-13-5-14(10-22)7-15(6-13)11-22/h3-4,8,13-15H,5-7,9-12H2,1-2H3,(H,23,26)(H,24,25). The lowest BCUT2D eigenvalue weighted by atomic mass is 9.49. The predicted molar refractivity (Wildman–Crippen MR) is 104 cm³/mol. The minimum atomic E-state index is -0.582. The summed E-state index contributed by atoms with van der Waals surface area (Å²) >= 11 is 0. The van der Waals surface area contributed by atoms with E-state index in [4.69, 9.17) is 4.74 Å². The van der Waals surface area contributed by atoms with Gasteiger partial charge in [0.05, 0.1) is 16.5 Å². The highest BCUT2D eigenvalue weighted by molar-refractivity contribution is 5.99. The van der Waals surface area contributed by atoms with E-state index >= 15 is 0 Å². The molecule has 0 spiro atoms. The Morgan fingerprint density at radius 2 is 1.74 bits per heavy atom. The molecule has 0 unspecified atom stereocenters. The molecule has 4 saturated carbocycles. The lowest BCUT2D eigenvalue weighted by molar-refractivity contribution is -0.140. The van der Waals surface area contributed by atoms with Crippen molar-refractivity contribution >= 4 is 23.2 Å². The number of nitrogens with one attached hydrogen (secondary N) is 2. The van der Waals surface area contributed by atoms with Gasteiger partial charge in [-0.2, -0.15) is 0 Å². The molecule has 5 nitrogen and oxygen atoms in total. The molecule has 2 amide bonds. The van der Waals surface area contributed by atoms with Crippen molar-refractivity contribution in [2.45, 2.75) is 52.4 Å². The van der Waals surface area contributed by atoms with Crippen molar-refractivity contribution in [3.8, 4) is 5.75 Å². The molecular formula is C22H28N2O3. The van der Waals surface area contributed by atoms with Crippen LogP contribution in [0.3, 0.4) is 0 Å². The molecule has 2 N–H and O–H groups in total. The molecule has 6 rings (SSSR count). The van der Waals surface area contributed by atoms with Crippen molar-refractivity contribution in [3.63, 3.8) is 0 Å². The lowest BCUT2D eigenvalue weighted by Crippen LogP contribution is -2.51. The maximum Gasteiger partial charge on any atom is 0.233 e. The maximum atomic E-state index is 13.2. The molecule has 0 aromatic heterocycles. The second kappa shape index (κ2) is 5.73. The van der Waals surface area contributed by atoms with E-state index in [1.165, 1.54) is 19.3 Å². The van der Waals surface area contributed by atoms with Crippen LogP contribution in [0.4, 0.5) is 11.4 Å². The molecule has 0 radical (unpaired) electrons. The third-order valence-corrected chi connectivity index (χ3v) is 7.21. The summed E-state index contributed by atoms with van der Waals surface area (Å²) in [5.74, 6) is 2.99. The predicted octanol–water partition coefficient (Wildman–Crippen LogP) is 4.20. The fourth-order valence-electron chi connectivity index (χ4n) is 6.09. The van der Waals surface area contributed by atoms with E-state index in [0.29, 0.717) is 18.0 Å². The largest absolute Gasteiger partial charge is 0.490 e. The molecular weight excluding hydrogens is 340 g/mol. The monoisotopic (exact) mass is 368 g/mol. The van der Waals surface area contributed by atoms with E-state index in [2.05, 4.69) is 10.6 Å².